The molecule has 22 heavy (non-hydrogen) atoms. The van der Waals surface area contributed by atoms with Crippen LogP contribution < -0.4 is 5.32 Å². The molecule has 1 aromatic carbocycles. The van der Waals surface area contributed by atoms with Gasteiger partial charge in [-0.25, -0.2) is 0 Å². The zero-order valence-corrected chi connectivity index (χ0v) is 14.3. The maximum atomic E-state index is 12.9. The summed E-state index contributed by atoms with van der Waals surface area (Å²) in [5, 5.41) is 3.36. The summed E-state index contributed by atoms with van der Waals surface area (Å²) >= 11 is 0. The predicted molar refractivity (Wildman–Crippen MR) is 90.0 cm³/mol. The second-order valence-electron chi connectivity index (χ2n) is 7.72. The van der Waals surface area contributed by atoms with E-state index in [-0.39, 0.29) is 11.3 Å². The molecule has 1 fully saturated rings. The van der Waals surface area contributed by atoms with Crippen molar-refractivity contribution < 1.29 is 4.79 Å². The Morgan fingerprint density at radius 3 is 2.68 bits per heavy atom. The summed E-state index contributed by atoms with van der Waals surface area (Å²) in [5.74, 6) is 0.502. The van der Waals surface area contributed by atoms with E-state index in [4.69, 9.17) is 0 Å². The fraction of sp³-hybridized carbons (Fsp3) is 0.632. The molecule has 2 aliphatic rings. The number of piperidine rings is 1. The van der Waals surface area contributed by atoms with Gasteiger partial charge in [0.05, 0.1) is 5.92 Å². The van der Waals surface area contributed by atoms with E-state index in [1.807, 2.05) is 0 Å². The fourth-order valence-electron chi connectivity index (χ4n) is 3.94. The molecule has 3 heteroatoms. The second kappa shape index (κ2) is 5.69. The molecule has 1 amide bonds. The van der Waals surface area contributed by atoms with Crippen LogP contribution in [0, 0.1) is 19.8 Å². The minimum absolute atomic E-state index is 0.0315. The molecule has 0 bridgehead atoms. The molecule has 0 spiro atoms. The van der Waals surface area contributed by atoms with Crippen LogP contribution in [0.15, 0.2) is 12.1 Å². The standard InChI is InChI=1S/C19H28N2O/c1-13-8-16-11-21(18(22)15-6-5-7-20-10-15)12-19(3,4)17(16)9-14(13)2/h8-9,15,20H,5-7,10-12H2,1-4H3. The van der Waals surface area contributed by atoms with Gasteiger partial charge in [0.15, 0.2) is 0 Å². The lowest BCUT2D eigenvalue weighted by atomic mass is 9.76. The van der Waals surface area contributed by atoms with Crippen LogP contribution in [0.3, 0.4) is 0 Å². The van der Waals surface area contributed by atoms with Gasteiger partial charge in [-0.15, -0.1) is 0 Å². The van der Waals surface area contributed by atoms with Crippen LogP contribution >= 0.6 is 0 Å². The van der Waals surface area contributed by atoms with E-state index in [0.29, 0.717) is 5.91 Å². The molecule has 1 atom stereocenters. The number of hydrogen-bond donors (Lipinski definition) is 1. The van der Waals surface area contributed by atoms with Crippen LogP contribution in [0.2, 0.25) is 0 Å². The summed E-state index contributed by atoms with van der Waals surface area (Å²) in [4.78, 5) is 15.0. The Bertz CT molecular complexity index is 585. The number of benzene rings is 1. The average molecular weight is 300 g/mol. The van der Waals surface area contributed by atoms with Gasteiger partial charge in [0, 0.05) is 25.0 Å². The molecule has 0 saturated carbocycles. The Hall–Kier alpha value is -1.35. The van der Waals surface area contributed by atoms with E-state index in [9.17, 15) is 4.79 Å². The largest absolute Gasteiger partial charge is 0.337 e. The quantitative estimate of drug-likeness (QED) is 0.865. The molecule has 1 aromatic rings. The van der Waals surface area contributed by atoms with Crippen molar-refractivity contribution in [1.82, 2.24) is 10.2 Å². The van der Waals surface area contributed by atoms with Crippen LogP contribution in [-0.2, 0) is 16.8 Å². The van der Waals surface area contributed by atoms with Crippen molar-refractivity contribution in [2.45, 2.75) is 52.5 Å². The summed E-state index contributed by atoms with van der Waals surface area (Å²) in [6.45, 7) is 12.4. The summed E-state index contributed by atoms with van der Waals surface area (Å²) in [6.07, 6.45) is 2.14. The molecule has 2 aliphatic heterocycles. The first kappa shape index (κ1) is 15.5. The van der Waals surface area contributed by atoms with Gasteiger partial charge < -0.3 is 10.2 Å². The third-order valence-corrected chi connectivity index (χ3v) is 5.35. The highest BCUT2D eigenvalue weighted by Crippen LogP contribution is 2.35. The van der Waals surface area contributed by atoms with Gasteiger partial charge in [-0.2, -0.15) is 0 Å². The van der Waals surface area contributed by atoms with E-state index in [1.165, 1.54) is 22.3 Å². The first-order valence-corrected chi connectivity index (χ1v) is 8.48. The Morgan fingerprint density at radius 2 is 2.00 bits per heavy atom. The molecule has 3 rings (SSSR count). The lowest BCUT2D eigenvalue weighted by Crippen LogP contribution is -2.49. The van der Waals surface area contributed by atoms with Crippen LogP contribution in [0.1, 0.15) is 48.9 Å². The molecule has 1 unspecified atom stereocenters. The van der Waals surface area contributed by atoms with Gasteiger partial charge >= 0.3 is 0 Å². The van der Waals surface area contributed by atoms with Crippen LogP contribution in [0.25, 0.3) is 0 Å². The van der Waals surface area contributed by atoms with E-state index < -0.39 is 0 Å². The number of nitrogens with zero attached hydrogens (tertiary/aromatic N) is 1. The zero-order chi connectivity index (χ0) is 15.9. The number of rotatable bonds is 1. The van der Waals surface area contributed by atoms with E-state index in [0.717, 1.165) is 39.0 Å². The van der Waals surface area contributed by atoms with Gasteiger partial charge in [-0.1, -0.05) is 26.0 Å². The summed E-state index contributed by atoms with van der Waals surface area (Å²) in [5.41, 5.74) is 5.45. The Labute approximate surface area is 134 Å². The second-order valence-corrected chi connectivity index (χ2v) is 7.72. The lowest BCUT2D eigenvalue weighted by molar-refractivity contribution is -0.138. The SMILES string of the molecule is Cc1cc2c(cc1C)C(C)(C)CN(C(=O)C1CCCNC1)C2. The normalized spacial score (nSPS) is 24.0. The minimum Gasteiger partial charge on any atom is -0.337 e. The highest BCUT2D eigenvalue weighted by atomic mass is 16.2. The van der Waals surface area contributed by atoms with Gasteiger partial charge in [-0.3, -0.25) is 4.79 Å². The van der Waals surface area contributed by atoms with E-state index in [1.54, 1.807) is 0 Å². The zero-order valence-electron chi connectivity index (χ0n) is 14.3. The van der Waals surface area contributed by atoms with Crippen molar-refractivity contribution in [2.24, 2.45) is 5.92 Å². The highest BCUT2D eigenvalue weighted by molar-refractivity contribution is 5.79. The van der Waals surface area contributed by atoms with Crippen LogP contribution in [0.4, 0.5) is 0 Å². The van der Waals surface area contributed by atoms with Crippen molar-refractivity contribution >= 4 is 5.91 Å². The van der Waals surface area contributed by atoms with Crippen molar-refractivity contribution in [3.8, 4) is 0 Å². The van der Waals surface area contributed by atoms with Crippen molar-refractivity contribution in [1.29, 1.82) is 0 Å². The Morgan fingerprint density at radius 1 is 1.27 bits per heavy atom. The molecule has 0 radical (unpaired) electrons. The molecule has 0 aliphatic carbocycles. The smallest absolute Gasteiger partial charge is 0.227 e. The van der Waals surface area contributed by atoms with Gasteiger partial charge in [-0.05, 0) is 55.5 Å². The first-order chi connectivity index (χ1) is 10.4. The molecule has 1 N–H and O–H groups in total. The average Bonchev–Trinajstić information content (AvgIpc) is 2.49. The highest BCUT2D eigenvalue weighted by Gasteiger charge is 2.36. The first-order valence-electron chi connectivity index (χ1n) is 8.48. The maximum absolute atomic E-state index is 12.9. The van der Waals surface area contributed by atoms with Crippen molar-refractivity contribution in [2.75, 3.05) is 19.6 Å². The topological polar surface area (TPSA) is 32.3 Å². The number of fused-ring (bicyclic) bond motifs is 1. The third-order valence-electron chi connectivity index (χ3n) is 5.35. The monoisotopic (exact) mass is 300 g/mol. The molecule has 3 nitrogen and oxygen atoms in total. The lowest BCUT2D eigenvalue weighted by Gasteiger charge is -2.42. The van der Waals surface area contributed by atoms with Crippen molar-refractivity contribution in [3.63, 3.8) is 0 Å². The summed E-state index contributed by atoms with van der Waals surface area (Å²) in [6, 6.07) is 4.61. The number of carbonyl (C=O) groups is 1. The van der Waals surface area contributed by atoms with E-state index in [2.05, 4.69) is 50.0 Å². The number of amides is 1. The maximum Gasteiger partial charge on any atom is 0.227 e. The summed E-state index contributed by atoms with van der Waals surface area (Å²) < 4.78 is 0. The fourth-order valence-corrected chi connectivity index (χ4v) is 3.94. The Balaban J connectivity index is 1.87. The van der Waals surface area contributed by atoms with Crippen LogP contribution in [-0.4, -0.2) is 30.4 Å². The predicted octanol–water partition coefficient (Wildman–Crippen LogP) is 2.92. The Kier molecular flexibility index (Phi) is 4.02. The van der Waals surface area contributed by atoms with Gasteiger partial charge in [0.1, 0.15) is 0 Å². The molecule has 120 valence electrons. The summed E-state index contributed by atoms with van der Waals surface area (Å²) in [7, 11) is 0. The molecular weight excluding hydrogens is 272 g/mol. The minimum atomic E-state index is 0.0315. The number of carbonyl (C=O) groups excluding carboxylic acids is 1. The van der Waals surface area contributed by atoms with Crippen LogP contribution in [0.5, 0.6) is 0 Å². The van der Waals surface area contributed by atoms with E-state index >= 15 is 0 Å². The molecule has 0 aromatic heterocycles. The van der Waals surface area contributed by atoms with Crippen molar-refractivity contribution in [3.05, 3.63) is 34.4 Å². The third kappa shape index (κ3) is 2.79. The molecule has 1 saturated heterocycles. The molecular formula is C19H28N2O. The number of hydrogen-bond acceptors (Lipinski definition) is 2. The molecule has 2 heterocycles. The van der Waals surface area contributed by atoms with Gasteiger partial charge in [0.25, 0.3) is 0 Å². The number of aryl methyl sites for hydroxylation is 2. The number of nitrogens with one attached hydrogen (secondary N) is 1. The van der Waals surface area contributed by atoms with Gasteiger partial charge in [0.2, 0.25) is 5.91 Å².